The molecule has 17 heavy (non-hydrogen) atoms. The van der Waals surface area contributed by atoms with Gasteiger partial charge in [0.2, 0.25) is 0 Å². The van der Waals surface area contributed by atoms with Crippen LogP contribution in [-0.4, -0.2) is 18.6 Å². The van der Waals surface area contributed by atoms with Gasteiger partial charge in [0.1, 0.15) is 0 Å². The van der Waals surface area contributed by atoms with E-state index in [1.807, 2.05) is 25.2 Å². The Hall–Kier alpha value is -2.05. The molecule has 0 atom stereocenters. The highest BCUT2D eigenvalue weighted by atomic mass is 16.1. The number of H-pyrrole nitrogens is 1. The third-order valence-corrected chi connectivity index (χ3v) is 2.49. The lowest BCUT2D eigenvalue weighted by atomic mass is 10.1. The number of hydrogen-bond acceptors (Lipinski definition) is 2. The zero-order chi connectivity index (χ0) is 12.1. The molecule has 1 aromatic carbocycles. The molecule has 0 saturated carbocycles. The van der Waals surface area contributed by atoms with Gasteiger partial charge < -0.3 is 10.3 Å². The molecule has 86 valence electrons. The highest BCUT2D eigenvalue weighted by Crippen LogP contribution is 2.08. The maximum absolute atomic E-state index is 11.6. The van der Waals surface area contributed by atoms with E-state index in [9.17, 15) is 4.79 Å². The molecule has 2 N–H and O–H groups in total. The van der Waals surface area contributed by atoms with Crippen molar-refractivity contribution in [3.8, 4) is 11.8 Å². The molecule has 0 radical (unpaired) electrons. The molecule has 0 saturated heterocycles. The summed E-state index contributed by atoms with van der Waals surface area (Å²) in [6.45, 7) is 0.876. The first-order chi connectivity index (χ1) is 8.31. The van der Waals surface area contributed by atoms with Crippen LogP contribution in [0.25, 0.3) is 10.9 Å². The Balaban J connectivity index is 2.33. The van der Waals surface area contributed by atoms with Crippen LogP contribution in [0.2, 0.25) is 0 Å². The van der Waals surface area contributed by atoms with Crippen molar-refractivity contribution in [2.24, 2.45) is 0 Å². The Bertz CT molecular complexity index is 632. The summed E-state index contributed by atoms with van der Waals surface area (Å²) in [5, 5.41) is 3.72. The topological polar surface area (TPSA) is 44.9 Å². The molecule has 3 heteroatoms. The second kappa shape index (κ2) is 5.33. The van der Waals surface area contributed by atoms with Gasteiger partial charge in [0.05, 0.1) is 0 Å². The van der Waals surface area contributed by atoms with Crippen molar-refractivity contribution in [1.82, 2.24) is 10.3 Å². The third kappa shape index (κ3) is 2.74. The van der Waals surface area contributed by atoms with Gasteiger partial charge in [-0.3, -0.25) is 4.79 Å². The van der Waals surface area contributed by atoms with Crippen molar-refractivity contribution in [1.29, 1.82) is 0 Å². The van der Waals surface area contributed by atoms with Gasteiger partial charge in [0, 0.05) is 41.7 Å². The molecule has 0 unspecified atom stereocenters. The van der Waals surface area contributed by atoms with Gasteiger partial charge in [-0.15, -0.1) is 0 Å². The lowest BCUT2D eigenvalue weighted by Gasteiger charge is -1.97. The van der Waals surface area contributed by atoms with Crippen molar-refractivity contribution in [2.45, 2.75) is 6.42 Å². The smallest absolute Gasteiger partial charge is 0.189 e. The average Bonchev–Trinajstić information content (AvgIpc) is 2.36. The second-order valence-electron chi connectivity index (χ2n) is 3.76. The summed E-state index contributed by atoms with van der Waals surface area (Å²) in [6.07, 6.45) is 2.46. The molecule has 1 aromatic heterocycles. The molecule has 3 nitrogen and oxygen atoms in total. The fourth-order valence-corrected chi connectivity index (χ4v) is 1.60. The molecule has 0 fully saturated rings. The number of rotatable bonds is 2. The summed E-state index contributed by atoms with van der Waals surface area (Å²) in [4.78, 5) is 14.7. The zero-order valence-corrected chi connectivity index (χ0v) is 9.71. The van der Waals surface area contributed by atoms with E-state index >= 15 is 0 Å². The quantitative estimate of drug-likeness (QED) is 0.602. The van der Waals surface area contributed by atoms with E-state index < -0.39 is 0 Å². The fraction of sp³-hybridized carbons (Fsp3) is 0.214. The molecule has 1 heterocycles. The summed E-state index contributed by atoms with van der Waals surface area (Å²) in [6, 6.07) is 7.17. The van der Waals surface area contributed by atoms with E-state index in [4.69, 9.17) is 0 Å². The van der Waals surface area contributed by atoms with Crippen LogP contribution in [0.15, 0.2) is 35.3 Å². The van der Waals surface area contributed by atoms with E-state index in [-0.39, 0.29) is 5.43 Å². The predicted octanol–water partition coefficient (Wildman–Crippen LogP) is 1.49. The average molecular weight is 226 g/mol. The van der Waals surface area contributed by atoms with Gasteiger partial charge >= 0.3 is 0 Å². The summed E-state index contributed by atoms with van der Waals surface area (Å²) in [5.74, 6) is 6.12. The second-order valence-corrected chi connectivity index (χ2v) is 3.76. The van der Waals surface area contributed by atoms with E-state index in [1.165, 1.54) is 6.07 Å². The van der Waals surface area contributed by atoms with Crippen molar-refractivity contribution >= 4 is 10.9 Å². The van der Waals surface area contributed by atoms with E-state index in [2.05, 4.69) is 22.1 Å². The first kappa shape index (κ1) is 11.4. The maximum Gasteiger partial charge on any atom is 0.189 e. The summed E-state index contributed by atoms with van der Waals surface area (Å²) in [5.41, 5.74) is 1.75. The van der Waals surface area contributed by atoms with Crippen LogP contribution in [0.1, 0.15) is 12.0 Å². The molecule has 2 rings (SSSR count). The molecule has 0 aliphatic heterocycles. The van der Waals surface area contributed by atoms with Crippen molar-refractivity contribution in [3.05, 3.63) is 46.2 Å². The number of nitrogens with one attached hydrogen (secondary N) is 2. The maximum atomic E-state index is 11.6. The van der Waals surface area contributed by atoms with Gasteiger partial charge in [-0.1, -0.05) is 11.8 Å². The van der Waals surface area contributed by atoms with Gasteiger partial charge in [-0.05, 0) is 25.2 Å². The number of pyridine rings is 1. The van der Waals surface area contributed by atoms with Crippen LogP contribution < -0.4 is 10.7 Å². The molecular formula is C14H14N2O. The van der Waals surface area contributed by atoms with Gasteiger partial charge in [-0.25, -0.2) is 0 Å². The molecule has 0 aliphatic carbocycles. The van der Waals surface area contributed by atoms with E-state index in [1.54, 1.807) is 6.20 Å². The Morgan fingerprint density at radius 1 is 1.35 bits per heavy atom. The Labute approximate surface area is 99.9 Å². The lowest BCUT2D eigenvalue weighted by Crippen LogP contribution is -2.05. The Morgan fingerprint density at radius 2 is 2.24 bits per heavy atom. The van der Waals surface area contributed by atoms with Crippen LogP contribution in [-0.2, 0) is 0 Å². The van der Waals surface area contributed by atoms with Gasteiger partial charge in [0.25, 0.3) is 0 Å². The molecule has 0 aliphatic rings. The largest absolute Gasteiger partial charge is 0.361 e. The minimum atomic E-state index is 0.0256. The summed E-state index contributed by atoms with van der Waals surface area (Å²) >= 11 is 0. The van der Waals surface area contributed by atoms with Crippen LogP contribution in [0.4, 0.5) is 0 Å². The molecular weight excluding hydrogens is 212 g/mol. The molecule has 2 aromatic rings. The van der Waals surface area contributed by atoms with Crippen LogP contribution in [0, 0.1) is 11.8 Å². The Morgan fingerprint density at radius 3 is 3.06 bits per heavy atom. The first-order valence-corrected chi connectivity index (χ1v) is 5.56. The van der Waals surface area contributed by atoms with Gasteiger partial charge in [0.15, 0.2) is 5.43 Å². The normalized spacial score (nSPS) is 9.94. The highest BCUT2D eigenvalue weighted by Gasteiger charge is 1.97. The summed E-state index contributed by atoms with van der Waals surface area (Å²) in [7, 11) is 1.90. The SMILES string of the molecule is CNCCC#Cc1ccc2[nH]ccc(=O)c2c1. The van der Waals surface area contributed by atoms with Crippen molar-refractivity contribution in [3.63, 3.8) is 0 Å². The molecule has 0 amide bonds. The predicted molar refractivity (Wildman–Crippen MR) is 70.0 cm³/mol. The Kier molecular flexibility index (Phi) is 3.59. The number of aromatic nitrogens is 1. The number of benzene rings is 1. The van der Waals surface area contributed by atoms with Crippen molar-refractivity contribution in [2.75, 3.05) is 13.6 Å². The number of hydrogen-bond donors (Lipinski definition) is 2. The number of aromatic amines is 1. The minimum Gasteiger partial charge on any atom is -0.361 e. The third-order valence-electron chi connectivity index (χ3n) is 2.49. The van der Waals surface area contributed by atoms with E-state index in [0.717, 1.165) is 24.0 Å². The number of fused-ring (bicyclic) bond motifs is 1. The van der Waals surface area contributed by atoms with Crippen LogP contribution in [0.3, 0.4) is 0 Å². The standard InChI is InChI=1S/C14H14N2O/c1-15-8-3-2-4-11-5-6-13-12(10-11)14(17)7-9-16-13/h5-7,9-10,15H,3,8H2,1H3,(H,16,17). The zero-order valence-electron chi connectivity index (χ0n) is 9.71. The fourth-order valence-electron chi connectivity index (χ4n) is 1.60. The highest BCUT2D eigenvalue weighted by molar-refractivity contribution is 5.79. The monoisotopic (exact) mass is 226 g/mol. The van der Waals surface area contributed by atoms with Crippen molar-refractivity contribution < 1.29 is 0 Å². The summed E-state index contributed by atoms with van der Waals surface area (Å²) < 4.78 is 0. The van der Waals surface area contributed by atoms with Crippen LogP contribution in [0.5, 0.6) is 0 Å². The first-order valence-electron chi connectivity index (χ1n) is 5.56. The lowest BCUT2D eigenvalue weighted by molar-refractivity contribution is 0.818. The van der Waals surface area contributed by atoms with E-state index in [0.29, 0.717) is 5.39 Å². The minimum absolute atomic E-state index is 0.0256. The molecule has 0 bridgehead atoms. The molecule has 0 spiro atoms. The van der Waals surface area contributed by atoms with Gasteiger partial charge in [-0.2, -0.15) is 0 Å². The van der Waals surface area contributed by atoms with Crippen LogP contribution >= 0.6 is 0 Å².